The van der Waals surface area contributed by atoms with E-state index in [1.807, 2.05) is 41.6 Å². The Labute approximate surface area is 196 Å². The van der Waals surface area contributed by atoms with Gasteiger partial charge in [0.1, 0.15) is 0 Å². The van der Waals surface area contributed by atoms with E-state index >= 15 is 0 Å². The van der Waals surface area contributed by atoms with E-state index < -0.39 is 11.6 Å². The Morgan fingerprint density at radius 1 is 0.586 bits per heavy atom. The molecule has 0 unspecified atom stereocenters. The third-order valence-electron chi connectivity index (χ3n) is 4.92. The lowest BCUT2D eigenvalue weighted by molar-refractivity contribution is 0.504. The first-order valence-corrected chi connectivity index (χ1v) is 11.2. The first kappa shape index (κ1) is 20.5. The first-order valence-electron chi connectivity index (χ1n) is 9.04. The molecule has 29 heavy (non-hydrogen) atoms. The van der Waals surface area contributed by atoms with E-state index in [4.69, 9.17) is 0 Å². The van der Waals surface area contributed by atoms with Gasteiger partial charge in [0.25, 0.3) is 0 Å². The largest absolute Gasteiger partial charge is 0.204 e. The van der Waals surface area contributed by atoms with Gasteiger partial charge >= 0.3 is 0 Å². The quantitative estimate of drug-likeness (QED) is 0.162. The summed E-state index contributed by atoms with van der Waals surface area (Å²) >= 11 is 4.13. The molecule has 4 rings (SSSR count). The predicted octanol–water partition coefficient (Wildman–Crippen LogP) is 8.48. The second-order valence-corrected chi connectivity index (χ2v) is 9.28. The summed E-state index contributed by atoms with van der Waals surface area (Å²) in [6.45, 7) is 1.99. The number of halogens is 4. The van der Waals surface area contributed by atoms with Crippen LogP contribution in [0.3, 0.4) is 0 Å². The predicted molar refractivity (Wildman–Crippen MR) is 133 cm³/mol. The molecule has 0 atom stereocenters. The van der Waals surface area contributed by atoms with Gasteiger partial charge < -0.3 is 0 Å². The van der Waals surface area contributed by atoms with E-state index in [1.54, 1.807) is 6.07 Å². The fourth-order valence-electron chi connectivity index (χ4n) is 3.38. The van der Waals surface area contributed by atoms with Crippen LogP contribution in [0.25, 0.3) is 33.4 Å². The minimum atomic E-state index is -0.818. The summed E-state index contributed by atoms with van der Waals surface area (Å²) in [6, 6.07) is 25.9. The van der Waals surface area contributed by atoms with Gasteiger partial charge in [-0.1, -0.05) is 54.6 Å². The van der Waals surface area contributed by atoms with E-state index in [0.717, 1.165) is 22.3 Å². The molecule has 0 heterocycles. The fraction of sp³-hybridized carbons (Fsp3) is 0.0400. The zero-order valence-corrected chi connectivity index (χ0v) is 19.8. The molecule has 0 amide bonds. The monoisotopic (exact) mass is 608 g/mol. The Bertz CT molecular complexity index is 1160. The second-order valence-electron chi connectivity index (χ2n) is 6.87. The molecule has 0 saturated carbocycles. The average Bonchev–Trinajstić information content (AvgIpc) is 2.72. The molecule has 0 spiro atoms. The highest BCUT2D eigenvalue weighted by Gasteiger charge is 2.12. The minimum absolute atomic E-state index is 0.285. The molecule has 0 nitrogen and oxygen atoms in total. The van der Waals surface area contributed by atoms with Crippen molar-refractivity contribution in [1.82, 2.24) is 0 Å². The van der Waals surface area contributed by atoms with Crippen molar-refractivity contribution in [2.24, 2.45) is 0 Å². The highest BCUT2D eigenvalue weighted by Crippen LogP contribution is 2.32. The summed E-state index contributed by atoms with van der Waals surface area (Å²) in [5.74, 6) is -1.61. The van der Waals surface area contributed by atoms with E-state index in [0.29, 0.717) is 5.56 Å². The summed E-state index contributed by atoms with van der Waals surface area (Å²) in [4.78, 5) is 0. The lowest BCUT2D eigenvalue weighted by Gasteiger charge is -2.11. The lowest BCUT2D eigenvalue weighted by atomic mass is 9.94. The molecule has 0 bridgehead atoms. The van der Waals surface area contributed by atoms with Gasteiger partial charge in [-0.25, -0.2) is 8.78 Å². The van der Waals surface area contributed by atoms with Gasteiger partial charge in [0.2, 0.25) is 0 Å². The molecule has 4 heteroatoms. The highest BCUT2D eigenvalue weighted by atomic mass is 127. The second kappa shape index (κ2) is 8.52. The van der Waals surface area contributed by atoms with Crippen LogP contribution in [0.15, 0.2) is 78.9 Å². The molecular formula is C25H16F2I2. The zero-order chi connectivity index (χ0) is 20.5. The SMILES string of the molecule is Cc1cc(-c2ccc(-c3ccc(I)cc3)cc2)ccc1-c1cc(F)c(F)c(I)c1. The average molecular weight is 608 g/mol. The highest BCUT2D eigenvalue weighted by molar-refractivity contribution is 14.1. The Morgan fingerprint density at radius 3 is 1.66 bits per heavy atom. The summed E-state index contributed by atoms with van der Waals surface area (Å²) in [7, 11) is 0. The number of hydrogen-bond donors (Lipinski definition) is 0. The third-order valence-corrected chi connectivity index (χ3v) is 6.42. The van der Waals surface area contributed by atoms with Gasteiger partial charge in [0.05, 0.1) is 3.57 Å². The van der Waals surface area contributed by atoms with Crippen LogP contribution >= 0.6 is 45.2 Å². The van der Waals surface area contributed by atoms with Crippen molar-refractivity contribution in [1.29, 1.82) is 0 Å². The minimum Gasteiger partial charge on any atom is -0.204 e. The number of hydrogen-bond acceptors (Lipinski definition) is 0. The van der Waals surface area contributed by atoms with E-state index in [9.17, 15) is 8.78 Å². The van der Waals surface area contributed by atoms with Crippen molar-refractivity contribution in [3.8, 4) is 33.4 Å². The first-order chi connectivity index (χ1) is 13.9. The maximum Gasteiger partial charge on any atom is 0.172 e. The summed E-state index contributed by atoms with van der Waals surface area (Å²) in [6.07, 6.45) is 0. The van der Waals surface area contributed by atoms with Crippen molar-refractivity contribution >= 4 is 45.2 Å². The van der Waals surface area contributed by atoms with Crippen LogP contribution in [0, 0.1) is 25.7 Å². The molecule has 0 saturated heterocycles. The Balaban J connectivity index is 1.65. The van der Waals surface area contributed by atoms with Crippen LogP contribution in [0.1, 0.15) is 5.56 Å². The van der Waals surface area contributed by atoms with Gasteiger partial charge in [-0.15, -0.1) is 0 Å². The fourth-order valence-corrected chi connectivity index (χ4v) is 4.33. The van der Waals surface area contributed by atoms with Crippen molar-refractivity contribution in [2.75, 3.05) is 0 Å². The Kier molecular flexibility index (Phi) is 6.01. The molecule has 0 N–H and O–H groups in total. The maximum atomic E-state index is 13.8. The third kappa shape index (κ3) is 4.38. The molecular weight excluding hydrogens is 592 g/mol. The summed E-state index contributed by atoms with van der Waals surface area (Å²) < 4.78 is 28.9. The van der Waals surface area contributed by atoms with E-state index in [-0.39, 0.29) is 3.57 Å². The topological polar surface area (TPSA) is 0 Å². The molecule has 4 aromatic carbocycles. The molecule has 0 aromatic heterocycles. The van der Waals surface area contributed by atoms with Crippen molar-refractivity contribution < 1.29 is 8.78 Å². The van der Waals surface area contributed by atoms with Gasteiger partial charge in [0.15, 0.2) is 11.6 Å². The number of benzene rings is 4. The molecule has 0 aliphatic carbocycles. The lowest BCUT2D eigenvalue weighted by Crippen LogP contribution is -1.92. The van der Waals surface area contributed by atoms with Crippen LogP contribution in [0.5, 0.6) is 0 Å². The van der Waals surface area contributed by atoms with Gasteiger partial charge in [0, 0.05) is 3.57 Å². The molecule has 0 radical (unpaired) electrons. The van der Waals surface area contributed by atoms with Crippen LogP contribution < -0.4 is 0 Å². The Hall–Kier alpha value is -1.80. The zero-order valence-electron chi connectivity index (χ0n) is 15.5. The van der Waals surface area contributed by atoms with Crippen molar-refractivity contribution in [2.45, 2.75) is 6.92 Å². The molecule has 0 aliphatic rings. The standard InChI is InChI=1S/C25H16F2I2/c1-15-12-19(8-11-22(15)20-13-23(26)25(27)24(29)14-20)18-4-2-16(3-5-18)17-6-9-21(28)10-7-17/h2-14H,1H3. The molecule has 144 valence electrons. The van der Waals surface area contributed by atoms with Crippen molar-refractivity contribution in [3.63, 3.8) is 0 Å². The smallest absolute Gasteiger partial charge is 0.172 e. The van der Waals surface area contributed by atoms with E-state index in [1.165, 1.54) is 20.8 Å². The van der Waals surface area contributed by atoms with Crippen LogP contribution in [0.2, 0.25) is 0 Å². The maximum absolute atomic E-state index is 13.8. The summed E-state index contributed by atoms with van der Waals surface area (Å²) in [5, 5.41) is 0. The molecule has 0 aliphatic heterocycles. The summed E-state index contributed by atoms with van der Waals surface area (Å²) in [5.41, 5.74) is 7.19. The Morgan fingerprint density at radius 2 is 1.10 bits per heavy atom. The number of aryl methyl sites for hydroxylation is 1. The van der Waals surface area contributed by atoms with Gasteiger partial charge in [-0.3, -0.25) is 0 Å². The van der Waals surface area contributed by atoms with Crippen LogP contribution in [-0.2, 0) is 0 Å². The molecule has 4 aromatic rings. The molecule has 0 fully saturated rings. The van der Waals surface area contributed by atoms with E-state index in [2.05, 4.69) is 77.2 Å². The van der Waals surface area contributed by atoms with Crippen LogP contribution in [0.4, 0.5) is 8.78 Å². The van der Waals surface area contributed by atoms with Crippen LogP contribution in [-0.4, -0.2) is 0 Å². The number of rotatable bonds is 3. The normalized spacial score (nSPS) is 10.9. The van der Waals surface area contributed by atoms with Crippen molar-refractivity contribution in [3.05, 3.63) is 103 Å². The van der Waals surface area contributed by atoms with Gasteiger partial charge in [-0.2, -0.15) is 0 Å². The van der Waals surface area contributed by atoms with Gasteiger partial charge in [-0.05, 0) is 115 Å².